The first-order valence-electron chi connectivity index (χ1n) is 6.43. The molecule has 0 aromatic rings. The van der Waals surface area contributed by atoms with Crippen molar-refractivity contribution in [2.24, 2.45) is 0 Å². The van der Waals surface area contributed by atoms with Crippen LogP contribution in [0.15, 0.2) is 37.2 Å². The lowest BCUT2D eigenvalue weighted by atomic mass is 10.2. The van der Waals surface area contributed by atoms with Crippen LogP contribution in [0.4, 0.5) is 0 Å². The molecule has 0 fully saturated rings. The first-order valence-corrected chi connectivity index (χ1v) is 13.2. The van der Waals surface area contributed by atoms with Crippen LogP contribution in [0.25, 0.3) is 0 Å². The van der Waals surface area contributed by atoms with Gasteiger partial charge in [0.2, 0.25) is 16.6 Å². The molecule has 3 nitrogen and oxygen atoms in total. The van der Waals surface area contributed by atoms with Gasteiger partial charge in [-0.25, -0.2) is 0 Å². The Bertz CT molecular complexity index is 305. The average molecular weight is 317 g/mol. The number of hydrogen-bond donors (Lipinski definition) is 0. The van der Waals surface area contributed by atoms with E-state index in [4.69, 9.17) is 13.3 Å². The summed E-state index contributed by atoms with van der Waals surface area (Å²) in [5.74, 6) is -0.753. The second-order valence-corrected chi connectivity index (χ2v) is 13.9. The molecule has 19 heavy (non-hydrogen) atoms. The monoisotopic (exact) mass is 316 g/mol. The van der Waals surface area contributed by atoms with Crippen LogP contribution in [0, 0.1) is 0 Å². The lowest BCUT2D eigenvalue weighted by Crippen LogP contribution is -2.53. The average Bonchev–Trinajstić information content (AvgIpc) is 2.28. The largest absolute Gasteiger partial charge is 0.423 e. The van der Waals surface area contributed by atoms with Crippen molar-refractivity contribution in [3.63, 3.8) is 0 Å². The van der Waals surface area contributed by atoms with Crippen LogP contribution in [0.2, 0.25) is 26.2 Å². The standard InChI is InChI=1S/C13H28O3Si3/c1-8-11-13(12-14-17,15-18(4,5)9-2)16-19(6,7)10-3/h8-10H,1-3,11-12H2,4-7,17H3. The van der Waals surface area contributed by atoms with Crippen molar-refractivity contribution in [3.8, 4) is 0 Å². The van der Waals surface area contributed by atoms with Gasteiger partial charge < -0.3 is 13.3 Å². The fourth-order valence-electron chi connectivity index (χ4n) is 1.70. The van der Waals surface area contributed by atoms with E-state index in [1.807, 2.05) is 17.5 Å². The number of rotatable bonds is 10. The molecule has 0 aromatic heterocycles. The van der Waals surface area contributed by atoms with Gasteiger partial charge in [-0.05, 0) is 26.2 Å². The smallest absolute Gasteiger partial charge is 0.214 e. The zero-order chi connectivity index (χ0) is 15.2. The molecule has 0 aromatic carbocycles. The van der Waals surface area contributed by atoms with Gasteiger partial charge in [-0.1, -0.05) is 17.5 Å². The van der Waals surface area contributed by atoms with Gasteiger partial charge >= 0.3 is 0 Å². The van der Waals surface area contributed by atoms with Crippen molar-refractivity contribution >= 4 is 27.1 Å². The maximum atomic E-state index is 6.30. The van der Waals surface area contributed by atoms with E-state index in [2.05, 4.69) is 45.9 Å². The van der Waals surface area contributed by atoms with Crippen LogP contribution in [0.1, 0.15) is 6.42 Å². The molecule has 0 atom stereocenters. The van der Waals surface area contributed by atoms with Gasteiger partial charge in [0.15, 0.2) is 5.79 Å². The predicted molar refractivity (Wildman–Crippen MR) is 91.0 cm³/mol. The molecule has 0 bridgehead atoms. The molecule has 6 heteroatoms. The van der Waals surface area contributed by atoms with E-state index < -0.39 is 22.4 Å². The highest BCUT2D eigenvalue weighted by Crippen LogP contribution is 2.29. The second kappa shape index (κ2) is 7.51. The van der Waals surface area contributed by atoms with Crippen molar-refractivity contribution in [1.29, 1.82) is 0 Å². The molecule has 0 aliphatic carbocycles. The molecule has 0 heterocycles. The van der Waals surface area contributed by atoms with E-state index in [0.717, 1.165) is 0 Å². The van der Waals surface area contributed by atoms with E-state index in [-0.39, 0.29) is 0 Å². The van der Waals surface area contributed by atoms with E-state index in [1.165, 1.54) is 0 Å². The van der Waals surface area contributed by atoms with Crippen LogP contribution in [-0.4, -0.2) is 39.5 Å². The minimum Gasteiger partial charge on any atom is -0.423 e. The van der Waals surface area contributed by atoms with Gasteiger partial charge in [-0.3, -0.25) is 0 Å². The molecular weight excluding hydrogens is 288 g/mol. The Labute approximate surface area is 123 Å². The molecule has 0 aliphatic rings. The topological polar surface area (TPSA) is 27.7 Å². The third-order valence-corrected chi connectivity index (χ3v) is 6.75. The first-order chi connectivity index (χ1) is 8.66. The van der Waals surface area contributed by atoms with Gasteiger partial charge in [-0.2, -0.15) is 0 Å². The highest BCUT2D eigenvalue weighted by atomic mass is 28.4. The minimum absolute atomic E-state index is 0.430. The molecule has 0 rings (SSSR count). The third-order valence-electron chi connectivity index (χ3n) is 2.70. The van der Waals surface area contributed by atoms with Gasteiger partial charge in [0.1, 0.15) is 10.5 Å². The Morgan fingerprint density at radius 3 is 1.68 bits per heavy atom. The molecule has 0 unspecified atom stereocenters. The Hall–Kier alpha value is -0.249. The molecule has 110 valence electrons. The van der Waals surface area contributed by atoms with Gasteiger partial charge in [0.05, 0.1) is 6.61 Å². The molecule has 0 radical (unpaired) electrons. The molecule has 0 saturated carbocycles. The van der Waals surface area contributed by atoms with E-state index >= 15 is 0 Å². The molecule has 0 aliphatic heterocycles. The normalized spacial score (nSPS) is 13.3. The lowest BCUT2D eigenvalue weighted by Gasteiger charge is -2.42. The molecule has 0 N–H and O–H groups in total. The predicted octanol–water partition coefficient (Wildman–Crippen LogP) is 2.45. The van der Waals surface area contributed by atoms with Crippen LogP contribution < -0.4 is 0 Å². The summed E-state index contributed by atoms with van der Waals surface area (Å²) < 4.78 is 18.1. The highest BCUT2D eigenvalue weighted by molar-refractivity contribution is 6.77. The Morgan fingerprint density at radius 1 is 1.00 bits per heavy atom. The minimum atomic E-state index is -1.99. The van der Waals surface area contributed by atoms with Crippen molar-refractivity contribution in [2.45, 2.75) is 38.4 Å². The van der Waals surface area contributed by atoms with Crippen molar-refractivity contribution in [1.82, 2.24) is 0 Å². The fraction of sp³-hybridized carbons (Fsp3) is 0.538. The summed E-state index contributed by atoms with van der Waals surface area (Å²) in [7, 11) is -3.32. The second-order valence-electron chi connectivity index (χ2n) is 5.66. The maximum absolute atomic E-state index is 6.30. The molecular formula is C13H28O3Si3. The van der Waals surface area contributed by atoms with Crippen LogP contribution in [0.5, 0.6) is 0 Å². The highest BCUT2D eigenvalue weighted by Gasteiger charge is 2.41. The van der Waals surface area contributed by atoms with Crippen LogP contribution in [0.3, 0.4) is 0 Å². The summed E-state index contributed by atoms with van der Waals surface area (Å²) in [6.45, 7) is 20.4. The SMILES string of the molecule is C=CCC(CO[SiH3])(O[Si](C)(C)C=C)O[Si](C)(C)C=C. The third kappa shape index (κ3) is 6.64. The Morgan fingerprint density at radius 2 is 1.42 bits per heavy atom. The van der Waals surface area contributed by atoms with Crippen LogP contribution >= 0.6 is 0 Å². The number of hydrogen-bond acceptors (Lipinski definition) is 3. The Kier molecular flexibility index (Phi) is 7.41. The lowest BCUT2D eigenvalue weighted by molar-refractivity contribution is -0.145. The summed E-state index contributed by atoms with van der Waals surface area (Å²) in [6, 6.07) is 0. The van der Waals surface area contributed by atoms with Gasteiger partial charge in [0.25, 0.3) is 0 Å². The van der Waals surface area contributed by atoms with Gasteiger partial charge in [-0.15, -0.1) is 19.7 Å². The summed E-state index contributed by atoms with van der Waals surface area (Å²) in [6.07, 6.45) is 2.42. The zero-order valence-electron chi connectivity index (χ0n) is 13.0. The fourth-order valence-corrected chi connectivity index (χ4v) is 4.68. The van der Waals surface area contributed by atoms with Crippen LogP contribution in [-0.2, 0) is 13.3 Å². The molecule has 0 saturated heterocycles. The first kappa shape index (κ1) is 18.8. The van der Waals surface area contributed by atoms with E-state index in [9.17, 15) is 0 Å². The summed E-state index contributed by atoms with van der Waals surface area (Å²) in [5.41, 5.74) is 3.81. The van der Waals surface area contributed by atoms with Crippen molar-refractivity contribution in [3.05, 3.63) is 37.2 Å². The van der Waals surface area contributed by atoms with E-state index in [1.54, 1.807) is 0 Å². The van der Waals surface area contributed by atoms with Crippen molar-refractivity contribution in [2.75, 3.05) is 6.61 Å². The summed E-state index contributed by atoms with van der Waals surface area (Å²) in [5, 5.41) is 0. The maximum Gasteiger partial charge on any atom is 0.214 e. The van der Waals surface area contributed by atoms with Gasteiger partial charge in [0, 0.05) is 6.42 Å². The molecule has 0 spiro atoms. The van der Waals surface area contributed by atoms with Crippen molar-refractivity contribution < 1.29 is 13.3 Å². The van der Waals surface area contributed by atoms with E-state index in [0.29, 0.717) is 23.5 Å². The molecule has 0 amide bonds. The summed E-state index contributed by atoms with van der Waals surface area (Å²) >= 11 is 0. The quantitative estimate of drug-likeness (QED) is 0.352. The zero-order valence-corrected chi connectivity index (χ0v) is 17.0. The summed E-state index contributed by atoms with van der Waals surface area (Å²) in [4.78, 5) is 0. The Balaban J connectivity index is 5.34.